The molecule has 1 aliphatic carbocycles. The first-order valence-electron chi connectivity index (χ1n) is 8.56. The average Bonchev–Trinajstić information content (AvgIpc) is 2.95. The summed E-state index contributed by atoms with van der Waals surface area (Å²) in [5.74, 6) is 2.80. The van der Waals surface area contributed by atoms with Crippen LogP contribution in [-0.2, 0) is 6.42 Å². The molecule has 0 aromatic carbocycles. The zero-order chi connectivity index (χ0) is 14.2. The molecule has 0 spiro atoms. The van der Waals surface area contributed by atoms with E-state index in [9.17, 15) is 0 Å². The summed E-state index contributed by atoms with van der Waals surface area (Å²) >= 11 is 1.94. The summed E-state index contributed by atoms with van der Waals surface area (Å²) in [6.07, 6.45) is 9.73. The van der Waals surface area contributed by atoms with Crippen molar-refractivity contribution in [1.82, 2.24) is 5.32 Å². The number of hydrogen-bond acceptors (Lipinski definition) is 2. The van der Waals surface area contributed by atoms with E-state index in [1.807, 2.05) is 11.3 Å². The van der Waals surface area contributed by atoms with E-state index in [0.29, 0.717) is 0 Å². The van der Waals surface area contributed by atoms with Gasteiger partial charge in [0.1, 0.15) is 0 Å². The van der Waals surface area contributed by atoms with Crippen LogP contribution in [0.15, 0.2) is 17.5 Å². The molecule has 2 heteroatoms. The molecule has 0 bridgehead atoms. The van der Waals surface area contributed by atoms with Crippen LogP contribution in [0.3, 0.4) is 0 Å². The molecule has 0 radical (unpaired) electrons. The molecule has 1 N–H and O–H groups in total. The van der Waals surface area contributed by atoms with Crippen LogP contribution in [0.1, 0.15) is 57.2 Å². The Morgan fingerprint density at radius 1 is 1.20 bits per heavy atom. The van der Waals surface area contributed by atoms with E-state index >= 15 is 0 Å². The minimum atomic E-state index is 0.900. The van der Waals surface area contributed by atoms with Crippen LogP contribution in [0.25, 0.3) is 0 Å². The second-order valence-corrected chi connectivity index (χ2v) is 7.51. The third-order valence-electron chi connectivity index (χ3n) is 4.82. The molecule has 1 saturated carbocycles. The van der Waals surface area contributed by atoms with Gasteiger partial charge in [-0.1, -0.05) is 39.2 Å². The lowest BCUT2D eigenvalue weighted by Gasteiger charge is -2.36. The first-order chi connectivity index (χ1) is 9.83. The Morgan fingerprint density at radius 2 is 2.10 bits per heavy atom. The maximum atomic E-state index is 3.66. The predicted molar refractivity (Wildman–Crippen MR) is 90.4 cm³/mol. The van der Waals surface area contributed by atoms with Gasteiger partial charge in [-0.25, -0.2) is 0 Å². The lowest BCUT2D eigenvalue weighted by molar-refractivity contribution is 0.168. The smallest absolute Gasteiger partial charge is 0.00480 e. The summed E-state index contributed by atoms with van der Waals surface area (Å²) in [5.41, 5.74) is 0. The Labute approximate surface area is 129 Å². The van der Waals surface area contributed by atoms with Crippen LogP contribution in [0.4, 0.5) is 0 Å². The van der Waals surface area contributed by atoms with Crippen molar-refractivity contribution in [1.29, 1.82) is 0 Å². The van der Waals surface area contributed by atoms with Crippen LogP contribution in [0.2, 0.25) is 0 Å². The lowest BCUT2D eigenvalue weighted by Crippen LogP contribution is -2.34. The minimum Gasteiger partial charge on any atom is -0.316 e. The van der Waals surface area contributed by atoms with Crippen LogP contribution in [0.5, 0.6) is 0 Å². The molecular formula is C18H31NS. The summed E-state index contributed by atoms with van der Waals surface area (Å²) in [6, 6.07) is 4.53. The molecule has 0 amide bonds. The third kappa shape index (κ3) is 4.89. The maximum absolute atomic E-state index is 3.66. The highest BCUT2D eigenvalue weighted by Crippen LogP contribution is 2.38. The van der Waals surface area contributed by atoms with Crippen molar-refractivity contribution < 1.29 is 0 Å². The van der Waals surface area contributed by atoms with E-state index < -0.39 is 0 Å². The molecular weight excluding hydrogens is 262 g/mol. The molecule has 114 valence electrons. The largest absolute Gasteiger partial charge is 0.316 e. The van der Waals surface area contributed by atoms with Crippen LogP contribution >= 0.6 is 11.3 Å². The van der Waals surface area contributed by atoms with E-state index in [1.165, 1.54) is 58.0 Å². The molecule has 1 nitrogen and oxygen atoms in total. The summed E-state index contributed by atoms with van der Waals surface area (Å²) in [7, 11) is 0. The lowest BCUT2D eigenvalue weighted by atomic mass is 9.71. The molecule has 0 aliphatic heterocycles. The van der Waals surface area contributed by atoms with Gasteiger partial charge < -0.3 is 5.32 Å². The standard InChI is InChI=1S/C18H31NS/c1-3-6-15-8-9-16(14-19-10-4-2)17(12-15)13-18-7-5-11-20-18/h5,7,11,15-17,19H,3-4,6,8-10,12-14H2,1-2H3. The van der Waals surface area contributed by atoms with Gasteiger partial charge in [0.2, 0.25) is 0 Å². The Balaban J connectivity index is 1.90. The zero-order valence-electron chi connectivity index (χ0n) is 13.2. The van der Waals surface area contributed by atoms with E-state index in [1.54, 1.807) is 4.88 Å². The fourth-order valence-electron chi connectivity index (χ4n) is 3.76. The quantitative estimate of drug-likeness (QED) is 0.656. The molecule has 2 rings (SSSR count). The number of thiophene rings is 1. The van der Waals surface area contributed by atoms with Crippen molar-refractivity contribution in [2.24, 2.45) is 17.8 Å². The average molecular weight is 294 g/mol. The number of hydrogen-bond donors (Lipinski definition) is 1. The van der Waals surface area contributed by atoms with Crippen molar-refractivity contribution in [3.05, 3.63) is 22.4 Å². The molecule has 1 fully saturated rings. The molecule has 1 heterocycles. The van der Waals surface area contributed by atoms with Gasteiger partial charge in [-0.3, -0.25) is 0 Å². The minimum absolute atomic E-state index is 0.900. The molecule has 3 unspecified atom stereocenters. The van der Waals surface area contributed by atoms with E-state index in [0.717, 1.165) is 17.8 Å². The third-order valence-corrected chi connectivity index (χ3v) is 5.72. The molecule has 1 aromatic heterocycles. The SMILES string of the molecule is CCCNCC1CCC(CCC)CC1Cc1cccs1. The fourth-order valence-corrected chi connectivity index (χ4v) is 4.56. The Morgan fingerprint density at radius 3 is 2.80 bits per heavy atom. The highest BCUT2D eigenvalue weighted by atomic mass is 32.1. The van der Waals surface area contributed by atoms with E-state index in [4.69, 9.17) is 0 Å². The second-order valence-electron chi connectivity index (χ2n) is 6.48. The van der Waals surface area contributed by atoms with Gasteiger partial charge in [0.15, 0.2) is 0 Å². The topological polar surface area (TPSA) is 12.0 Å². The molecule has 20 heavy (non-hydrogen) atoms. The first kappa shape index (κ1) is 16.0. The number of nitrogens with one attached hydrogen (secondary N) is 1. The molecule has 0 saturated heterocycles. The summed E-state index contributed by atoms with van der Waals surface area (Å²) < 4.78 is 0. The van der Waals surface area contributed by atoms with Crippen molar-refractivity contribution in [3.8, 4) is 0 Å². The van der Waals surface area contributed by atoms with E-state index in [-0.39, 0.29) is 0 Å². The highest BCUT2D eigenvalue weighted by Gasteiger charge is 2.30. The van der Waals surface area contributed by atoms with Crippen molar-refractivity contribution in [3.63, 3.8) is 0 Å². The van der Waals surface area contributed by atoms with Gasteiger partial charge in [0.25, 0.3) is 0 Å². The van der Waals surface area contributed by atoms with Gasteiger partial charge in [-0.2, -0.15) is 0 Å². The van der Waals surface area contributed by atoms with Crippen LogP contribution in [0, 0.1) is 17.8 Å². The maximum Gasteiger partial charge on any atom is 0.00480 e. The van der Waals surface area contributed by atoms with Crippen molar-refractivity contribution in [2.75, 3.05) is 13.1 Å². The first-order valence-corrected chi connectivity index (χ1v) is 9.44. The predicted octanol–water partition coefficient (Wildman–Crippen LogP) is 5.12. The normalized spacial score (nSPS) is 26.8. The van der Waals surface area contributed by atoms with Crippen molar-refractivity contribution >= 4 is 11.3 Å². The Kier molecular flexibility index (Phi) is 7.09. The fraction of sp³-hybridized carbons (Fsp3) is 0.778. The zero-order valence-corrected chi connectivity index (χ0v) is 14.1. The molecule has 1 aliphatic rings. The molecule has 1 aromatic rings. The molecule has 3 atom stereocenters. The van der Waals surface area contributed by atoms with Gasteiger partial charge in [-0.15, -0.1) is 11.3 Å². The van der Waals surface area contributed by atoms with Gasteiger partial charge >= 0.3 is 0 Å². The second kappa shape index (κ2) is 8.84. The summed E-state index contributed by atoms with van der Waals surface area (Å²) in [4.78, 5) is 1.59. The Bertz CT molecular complexity index is 346. The van der Waals surface area contributed by atoms with Crippen molar-refractivity contribution in [2.45, 2.75) is 58.8 Å². The van der Waals surface area contributed by atoms with Gasteiger partial charge in [0.05, 0.1) is 0 Å². The van der Waals surface area contributed by atoms with Gasteiger partial charge in [-0.05, 0) is 68.0 Å². The monoisotopic (exact) mass is 293 g/mol. The van der Waals surface area contributed by atoms with Crippen LogP contribution in [-0.4, -0.2) is 13.1 Å². The summed E-state index contributed by atoms with van der Waals surface area (Å²) in [6.45, 7) is 7.01. The Hall–Kier alpha value is -0.340. The van der Waals surface area contributed by atoms with Gasteiger partial charge in [0, 0.05) is 4.88 Å². The highest BCUT2D eigenvalue weighted by molar-refractivity contribution is 7.09. The van der Waals surface area contributed by atoms with Crippen LogP contribution < -0.4 is 5.32 Å². The summed E-state index contributed by atoms with van der Waals surface area (Å²) in [5, 5.41) is 5.89. The number of rotatable bonds is 8. The van der Waals surface area contributed by atoms with E-state index in [2.05, 4.69) is 36.7 Å².